The number of esters is 1. The number of carbonyl (C=O) groups excluding carboxylic acids is 1. The van der Waals surface area contributed by atoms with Crippen molar-refractivity contribution in [3.8, 4) is 0 Å². The van der Waals surface area contributed by atoms with E-state index in [9.17, 15) is 4.79 Å². The van der Waals surface area contributed by atoms with Gasteiger partial charge in [-0.3, -0.25) is 4.79 Å². The summed E-state index contributed by atoms with van der Waals surface area (Å²) in [4.78, 5) is 12.4. The molecule has 4 nitrogen and oxygen atoms in total. The maximum atomic E-state index is 12.4. The molecule has 1 N–H and O–H groups in total. The van der Waals surface area contributed by atoms with E-state index < -0.39 is 13.9 Å². The Morgan fingerprint density at radius 1 is 1.08 bits per heavy atom. The first kappa shape index (κ1) is 20.9. The lowest BCUT2D eigenvalue weighted by Gasteiger charge is -2.46. The number of hydrogen-bond donors (Lipinski definition) is 1. The summed E-state index contributed by atoms with van der Waals surface area (Å²) in [5.41, 5.74) is -0.426. The van der Waals surface area contributed by atoms with Gasteiger partial charge in [0.25, 0.3) is 0 Å². The van der Waals surface area contributed by atoms with Gasteiger partial charge in [0.15, 0.2) is 8.32 Å². The van der Waals surface area contributed by atoms with Crippen molar-refractivity contribution in [3.05, 3.63) is 0 Å². The Balaban J connectivity index is 2.13. The summed E-state index contributed by atoms with van der Waals surface area (Å²) < 4.78 is 12.5. The molecule has 0 spiro atoms. The molecule has 5 heteroatoms. The summed E-state index contributed by atoms with van der Waals surface area (Å²) in [6.07, 6.45) is 3.25. The summed E-state index contributed by atoms with van der Waals surface area (Å²) in [5.74, 6) is 1.42. The number of ether oxygens (including phenoxy) is 1. The first-order valence-corrected chi connectivity index (χ1v) is 12.8. The van der Waals surface area contributed by atoms with Crippen LogP contribution in [-0.4, -0.2) is 39.1 Å². The fraction of sp³-hybridized carbons (Fsp3) is 0.950. The molecule has 25 heavy (non-hydrogen) atoms. The molecule has 0 unspecified atom stereocenters. The Hall–Kier alpha value is -0.393. The average Bonchev–Trinajstić information content (AvgIpc) is 3.21. The van der Waals surface area contributed by atoms with Crippen LogP contribution in [0.3, 0.4) is 0 Å². The lowest BCUT2D eigenvalue weighted by molar-refractivity contribution is -0.157. The molecule has 0 radical (unpaired) electrons. The van der Waals surface area contributed by atoms with E-state index in [0.717, 1.165) is 19.0 Å². The van der Waals surface area contributed by atoms with Crippen molar-refractivity contribution in [2.45, 2.75) is 90.6 Å². The molecular formula is C20H39NO3Si. The molecule has 0 aromatic rings. The Bertz CT molecular complexity index is 474. The minimum Gasteiger partial charge on any atom is -0.460 e. The molecule has 1 aliphatic carbocycles. The standard InChI is InChI=1S/C20H39NO3Si/c1-19(2,3)23-17(22)11-15-12-21-13-16(14-9-10-14)18(15)24-25(7,8)20(4,5)6/h14-16,18,21H,9-13H2,1-8H3/t15-,16-,18+/m1/s1. The van der Waals surface area contributed by atoms with Crippen LogP contribution in [0.5, 0.6) is 0 Å². The van der Waals surface area contributed by atoms with Gasteiger partial charge in [0.05, 0.1) is 12.5 Å². The molecule has 1 saturated heterocycles. The van der Waals surface area contributed by atoms with Crippen molar-refractivity contribution in [2.24, 2.45) is 17.8 Å². The summed E-state index contributed by atoms with van der Waals surface area (Å²) >= 11 is 0. The minimum atomic E-state index is -1.87. The molecule has 1 heterocycles. The van der Waals surface area contributed by atoms with Gasteiger partial charge in [-0.25, -0.2) is 0 Å². The first-order valence-electron chi connectivity index (χ1n) is 9.90. The highest BCUT2D eigenvalue weighted by Crippen LogP contribution is 2.46. The molecule has 146 valence electrons. The van der Waals surface area contributed by atoms with Crippen molar-refractivity contribution in [1.82, 2.24) is 5.32 Å². The van der Waals surface area contributed by atoms with E-state index in [2.05, 4.69) is 39.2 Å². The zero-order chi connectivity index (χ0) is 19.0. The zero-order valence-corrected chi connectivity index (χ0v) is 18.6. The monoisotopic (exact) mass is 369 g/mol. The Morgan fingerprint density at radius 3 is 2.16 bits per heavy atom. The van der Waals surface area contributed by atoms with Crippen LogP contribution in [0.4, 0.5) is 0 Å². The topological polar surface area (TPSA) is 47.6 Å². The fourth-order valence-corrected chi connectivity index (χ4v) is 4.86. The number of nitrogens with one attached hydrogen (secondary N) is 1. The van der Waals surface area contributed by atoms with E-state index in [0.29, 0.717) is 12.3 Å². The van der Waals surface area contributed by atoms with Gasteiger partial charge >= 0.3 is 5.97 Å². The first-order chi connectivity index (χ1) is 11.3. The molecule has 3 atom stereocenters. The van der Waals surface area contributed by atoms with Crippen molar-refractivity contribution >= 4 is 14.3 Å². The van der Waals surface area contributed by atoms with Gasteiger partial charge in [-0.2, -0.15) is 0 Å². The Labute approximate surface area is 155 Å². The summed E-state index contributed by atoms with van der Waals surface area (Å²) in [6, 6.07) is 0. The highest BCUT2D eigenvalue weighted by Gasteiger charge is 2.48. The van der Waals surface area contributed by atoms with Crippen LogP contribution in [0.1, 0.15) is 60.8 Å². The molecule has 0 aromatic heterocycles. The van der Waals surface area contributed by atoms with Gasteiger partial charge in [-0.1, -0.05) is 20.8 Å². The number of hydrogen-bond acceptors (Lipinski definition) is 4. The van der Waals surface area contributed by atoms with Crippen molar-refractivity contribution in [1.29, 1.82) is 0 Å². The third kappa shape index (κ3) is 5.80. The van der Waals surface area contributed by atoms with Crippen LogP contribution in [0, 0.1) is 17.8 Å². The third-order valence-electron chi connectivity index (χ3n) is 5.99. The molecular weight excluding hydrogens is 330 g/mol. The lowest BCUT2D eigenvalue weighted by atomic mass is 9.82. The van der Waals surface area contributed by atoms with Crippen LogP contribution in [0.25, 0.3) is 0 Å². The molecule has 1 saturated carbocycles. The molecule has 0 amide bonds. The van der Waals surface area contributed by atoms with Gasteiger partial charge in [0.1, 0.15) is 5.60 Å². The van der Waals surface area contributed by atoms with Crippen molar-refractivity contribution in [2.75, 3.05) is 13.1 Å². The second-order valence-corrected chi connectivity index (χ2v) is 15.3. The van der Waals surface area contributed by atoms with Gasteiger partial charge in [-0.05, 0) is 63.6 Å². The van der Waals surface area contributed by atoms with Gasteiger partial charge < -0.3 is 14.5 Å². The lowest BCUT2D eigenvalue weighted by Crippen LogP contribution is -2.55. The second-order valence-electron chi connectivity index (χ2n) is 10.6. The van der Waals surface area contributed by atoms with Gasteiger partial charge in [0.2, 0.25) is 0 Å². The summed E-state index contributed by atoms with van der Waals surface area (Å²) in [6.45, 7) is 19.2. The highest BCUT2D eigenvalue weighted by atomic mass is 28.4. The second kappa shape index (κ2) is 7.32. The van der Waals surface area contributed by atoms with E-state index in [-0.39, 0.29) is 23.0 Å². The van der Waals surface area contributed by atoms with Gasteiger partial charge in [-0.15, -0.1) is 0 Å². The van der Waals surface area contributed by atoms with Gasteiger partial charge in [0, 0.05) is 19.0 Å². The molecule has 0 bridgehead atoms. The smallest absolute Gasteiger partial charge is 0.306 e. The van der Waals surface area contributed by atoms with E-state index in [1.54, 1.807) is 0 Å². The predicted molar refractivity (Wildman–Crippen MR) is 105 cm³/mol. The van der Waals surface area contributed by atoms with E-state index in [4.69, 9.17) is 9.16 Å². The zero-order valence-electron chi connectivity index (χ0n) is 17.6. The Kier molecular flexibility index (Phi) is 6.12. The number of piperidine rings is 1. The summed E-state index contributed by atoms with van der Waals surface area (Å²) in [5, 5.41) is 3.74. The van der Waals surface area contributed by atoms with Crippen LogP contribution in [0.2, 0.25) is 18.1 Å². The quantitative estimate of drug-likeness (QED) is 0.578. The molecule has 2 aliphatic rings. The third-order valence-corrected chi connectivity index (χ3v) is 10.5. The van der Waals surface area contributed by atoms with Crippen molar-refractivity contribution in [3.63, 3.8) is 0 Å². The molecule has 2 rings (SSSR count). The maximum Gasteiger partial charge on any atom is 0.306 e. The van der Waals surface area contributed by atoms with Crippen LogP contribution >= 0.6 is 0 Å². The number of rotatable bonds is 5. The average molecular weight is 370 g/mol. The van der Waals surface area contributed by atoms with E-state index in [1.807, 2.05) is 20.8 Å². The van der Waals surface area contributed by atoms with Crippen LogP contribution in [-0.2, 0) is 14.0 Å². The van der Waals surface area contributed by atoms with E-state index in [1.165, 1.54) is 12.8 Å². The highest BCUT2D eigenvalue weighted by molar-refractivity contribution is 6.74. The minimum absolute atomic E-state index is 0.0976. The maximum absolute atomic E-state index is 12.4. The fourth-order valence-electron chi connectivity index (χ4n) is 3.46. The molecule has 0 aromatic carbocycles. The predicted octanol–water partition coefficient (Wildman–Crippen LogP) is 4.35. The normalized spacial score (nSPS) is 28.7. The van der Waals surface area contributed by atoms with Crippen molar-refractivity contribution < 1.29 is 14.0 Å². The van der Waals surface area contributed by atoms with E-state index >= 15 is 0 Å². The van der Waals surface area contributed by atoms with Crippen LogP contribution < -0.4 is 5.32 Å². The molecule has 2 fully saturated rings. The van der Waals surface area contributed by atoms with Crippen LogP contribution in [0.15, 0.2) is 0 Å². The summed E-state index contributed by atoms with van der Waals surface area (Å²) in [7, 11) is -1.87. The SMILES string of the molecule is CC(C)(C)OC(=O)C[C@@H]1CNC[C@H](C2CC2)[C@H]1O[Si](C)(C)C(C)(C)C. The molecule has 1 aliphatic heterocycles. The Morgan fingerprint density at radius 2 is 1.68 bits per heavy atom. The largest absolute Gasteiger partial charge is 0.460 e. The number of carbonyl (C=O) groups is 1.